The van der Waals surface area contributed by atoms with E-state index in [2.05, 4.69) is 5.32 Å². The van der Waals surface area contributed by atoms with Crippen molar-refractivity contribution in [2.75, 3.05) is 19.6 Å². The highest BCUT2D eigenvalue weighted by Gasteiger charge is 2.52. The minimum atomic E-state index is -2.32. The van der Waals surface area contributed by atoms with Crippen molar-refractivity contribution < 1.29 is 41.4 Å². The molecule has 14 heteroatoms. The second-order valence-electron chi connectivity index (χ2n) is 10.8. The number of carbonyl (C=O) groups is 3. The van der Waals surface area contributed by atoms with E-state index in [0.29, 0.717) is 12.0 Å². The maximum absolute atomic E-state index is 14.7. The van der Waals surface area contributed by atoms with Gasteiger partial charge in [-0.2, -0.15) is 5.01 Å². The number of aromatic hydroxyl groups is 1. The summed E-state index contributed by atoms with van der Waals surface area (Å²) in [5.74, 6) is -12.1. The number of piperazine rings is 1. The van der Waals surface area contributed by atoms with Gasteiger partial charge in [0.2, 0.25) is 17.6 Å². The van der Waals surface area contributed by atoms with E-state index in [1.165, 1.54) is 39.2 Å². The normalized spacial score (nSPS) is 18.4. The summed E-state index contributed by atoms with van der Waals surface area (Å²) in [5.41, 5.74) is 0.159. The Morgan fingerprint density at radius 3 is 2.16 bits per heavy atom. The number of nitrogens with one attached hydrogen (secondary N) is 1. The first kappa shape index (κ1) is 31.7. The molecule has 3 aromatic carbocycles. The Morgan fingerprint density at radius 1 is 0.911 bits per heavy atom. The average Bonchev–Trinajstić information content (AvgIpc) is 3.36. The van der Waals surface area contributed by atoms with E-state index in [1.54, 1.807) is 0 Å². The number of benzene rings is 3. The Hall–Kier alpha value is -4.72. The van der Waals surface area contributed by atoms with Crippen LogP contribution < -0.4 is 5.32 Å². The number of hydrazine groups is 1. The first-order chi connectivity index (χ1) is 21.5. The molecule has 0 aromatic heterocycles. The summed E-state index contributed by atoms with van der Waals surface area (Å²) >= 11 is 0. The number of fused-ring (bicyclic) bond motifs is 1. The second kappa shape index (κ2) is 13.1. The third-order valence-electron chi connectivity index (χ3n) is 7.85. The highest BCUT2D eigenvalue weighted by molar-refractivity contribution is 5.91. The highest BCUT2D eigenvalue weighted by Crippen LogP contribution is 2.32. The van der Waals surface area contributed by atoms with Crippen LogP contribution >= 0.6 is 0 Å². The molecule has 9 nitrogen and oxygen atoms in total. The molecule has 0 saturated carbocycles. The summed E-state index contributed by atoms with van der Waals surface area (Å²) in [6.45, 7) is 0.510. The molecule has 45 heavy (non-hydrogen) atoms. The van der Waals surface area contributed by atoms with E-state index in [0.717, 1.165) is 10.5 Å². The van der Waals surface area contributed by atoms with Crippen LogP contribution in [0.25, 0.3) is 0 Å². The van der Waals surface area contributed by atoms with Crippen molar-refractivity contribution in [3.63, 3.8) is 0 Å². The number of halogens is 5. The minimum Gasteiger partial charge on any atom is -0.508 e. The van der Waals surface area contributed by atoms with Crippen LogP contribution in [0.2, 0.25) is 0 Å². The van der Waals surface area contributed by atoms with E-state index in [9.17, 15) is 41.4 Å². The Bertz CT molecular complexity index is 1560. The summed E-state index contributed by atoms with van der Waals surface area (Å²) in [4.78, 5) is 42.9. The molecule has 0 aliphatic carbocycles. The van der Waals surface area contributed by atoms with Gasteiger partial charge in [0.1, 0.15) is 18.0 Å². The fourth-order valence-electron chi connectivity index (χ4n) is 5.65. The van der Waals surface area contributed by atoms with Gasteiger partial charge in [-0.25, -0.2) is 26.7 Å². The lowest BCUT2D eigenvalue weighted by atomic mass is 9.99. The first-order valence-corrected chi connectivity index (χ1v) is 14.3. The number of hydrogen-bond acceptors (Lipinski definition) is 5. The average molecular weight is 632 g/mol. The van der Waals surface area contributed by atoms with Gasteiger partial charge in [-0.15, -0.1) is 0 Å². The van der Waals surface area contributed by atoms with Crippen molar-refractivity contribution in [3.05, 3.63) is 100 Å². The molecule has 2 aliphatic rings. The van der Waals surface area contributed by atoms with Gasteiger partial charge in [0.05, 0.1) is 19.6 Å². The lowest BCUT2D eigenvalue weighted by molar-refractivity contribution is -0.157. The second-order valence-corrected chi connectivity index (χ2v) is 10.8. The fraction of sp³-hybridized carbons (Fsp3) is 0.323. The zero-order valence-electron chi connectivity index (χ0n) is 24.2. The number of urea groups is 1. The number of carbonyl (C=O) groups excluding carboxylic acids is 3. The Labute approximate surface area is 255 Å². The third-order valence-corrected chi connectivity index (χ3v) is 7.85. The van der Waals surface area contributed by atoms with Crippen LogP contribution in [0.15, 0.2) is 54.6 Å². The molecular weight excluding hydrogens is 601 g/mol. The molecule has 0 unspecified atom stereocenters. The van der Waals surface area contributed by atoms with Crippen LogP contribution in [0.1, 0.15) is 30.0 Å². The molecule has 2 fully saturated rings. The van der Waals surface area contributed by atoms with Gasteiger partial charge >= 0.3 is 6.03 Å². The van der Waals surface area contributed by atoms with Crippen LogP contribution in [0.3, 0.4) is 0 Å². The van der Waals surface area contributed by atoms with Crippen molar-refractivity contribution in [1.82, 2.24) is 25.1 Å². The lowest BCUT2D eigenvalue weighted by Gasteiger charge is -2.46. The van der Waals surface area contributed by atoms with Crippen molar-refractivity contribution in [1.29, 1.82) is 0 Å². The van der Waals surface area contributed by atoms with Crippen molar-refractivity contribution in [2.45, 2.75) is 45.1 Å². The van der Waals surface area contributed by atoms with Crippen molar-refractivity contribution in [2.24, 2.45) is 0 Å². The molecule has 5 rings (SSSR count). The highest BCUT2D eigenvalue weighted by atomic mass is 19.2. The van der Waals surface area contributed by atoms with Gasteiger partial charge < -0.3 is 20.2 Å². The fourth-order valence-corrected chi connectivity index (χ4v) is 5.65. The van der Waals surface area contributed by atoms with E-state index in [4.69, 9.17) is 0 Å². The molecule has 2 saturated heterocycles. The summed E-state index contributed by atoms with van der Waals surface area (Å²) in [6, 6.07) is 13.1. The summed E-state index contributed by atoms with van der Waals surface area (Å²) < 4.78 is 71.3. The monoisotopic (exact) mass is 631 g/mol. The molecule has 0 bridgehead atoms. The van der Waals surface area contributed by atoms with Crippen molar-refractivity contribution >= 4 is 17.8 Å². The molecule has 3 aromatic rings. The van der Waals surface area contributed by atoms with E-state index < -0.39 is 71.2 Å². The van der Waals surface area contributed by atoms with Crippen LogP contribution in [0, 0.1) is 29.1 Å². The molecule has 0 spiro atoms. The molecule has 4 amide bonds. The molecule has 238 valence electrons. The van der Waals surface area contributed by atoms with E-state index >= 15 is 0 Å². The Kier molecular flexibility index (Phi) is 9.23. The van der Waals surface area contributed by atoms with Crippen LogP contribution in [0.5, 0.6) is 5.75 Å². The van der Waals surface area contributed by atoms with Crippen LogP contribution in [-0.2, 0) is 29.1 Å². The molecular formula is C31H30F5N5O4. The summed E-state index contributed by atoms with van der Waals surface area (Å²) in [5, 5.41) is 15.3. The zero-order chi connectivity index (χ0) is 32.4. The Morgan fingerprint density at radius 2 is 1.53 bits per heavy atom. The number of hydrogen-bond donors (Lipinski definition) is 2. The topological polar surface area (TPSA) is 96.4 Å². The maximum atomic E-state index is 14.7. The predicted octanol–water partition coefficient (Wildman–Crippen LogP) is 4.05. The quantitative estimate of drug-likeness (QED) is 0.211. The molecule has 2 N–H and O–H groups in total. The summed E-state index contributed by atoms with van der Waals surface area (Å²) in [7, 11) is 0. The van der Waals surface area contributed by atoms with Crippen molar-refractivity contribution in [3.8, 4) is 5.75 Å². The SMILES string of the molecule is CCCN(C(=O)NCc1ccccc1)N1CC(=O)N2[C@@H](Cc3ccc(O)cc3)C(=O)N(Cc3c(F)c(F)c(F)c(F)c3F)C[C@@H]21. The van der Waals surface area contributed by atoms with Crippen LogP contribution in [-0.4, -0.2) is 74.6 Å². The third kappa shape index (κ3) is 6.27. The van der Waals surface area contributed by atoms with E-state index in [-0.39, 0.29) is 38.3 Å². The van der Waals surface area contributed by atoms with Gasteiger partial charge in [-0.1, -0.05) is 49.4 Å². The molecule has 0 radical (unpaired) electrons. The number of rotatable bonds is 9. The van der Waals surface area contributed by atoms with Gasteiger partial charge in [-0.3, -0.25) is 14.6 Å². The van der Waals surface area contributed by atoms with Gasteiger partial charge in [0.15, 0.2) is 23.3 Å². The van der Waals surface area contributed by atoms with Gasteiger partial charge in [0, 0.05) is 25.1 Å². The largest absolute Gasteiger partial charge is 0.508 e. The van der Waals surface area contributed by atoms with Gasteiger partial charge in [-0.05, 0) is 29.7 Å². The first-order valence-electron chi connectivity index (χ1n) is 14.3. The van der Waals surface area contributed by atoms with E-state index in [1.807, 2.05) is 37.3 Å². The smallest absolute Gasteiger partial charge is 0.332 e. The zero-order valence-corrected chi connectivity index (χ0v) is 24.2. The lowest BCUT2D eigenvalue weighted by Crippen LogP contribution is -2.66. The predicted molar refractivity (Wildman–Crippen MR) is 150 cm³/mol. The number of phenolic OH excluding ortho intramolecular Hbond substituents is 1. The Balaban J connectivity index is 1.49. The summed E-state index contributed by atoms with van der Waals surface area (Å²) in [6.07, 6.45) is -0.607. The number of phenols is 1. The standard InChI is InChI=1S/C31H30F5N5O4/c1-2-12-39(31(45)37-14-19-6-4-3-5-7-19)40-17-24(43)41-22(13-18-8-10-20(42)11-9-18)30(44)38(16-23(40)41)15-21-25(32)27(34)29(36)28(35)26(21)33/h3-11,22-23,42H,2,12-17H2,1H3,(H,37,45)/t22-,23+/m0/s1. The minimum absolute atomic E-state index is 0.0420. The van der Waals surface area contributed by atoms with Crippen LogP contribution in [0.4, 0.5) is 26.7 Å². The number of nitrogens with zero attached hydrogens (tertiary/aromatic N) is 4. The molecule has 2 aliphatic heterocycles. The maximum Gasteiger partial charge on any atom is 0.332 e. The van der Waals surface area contributed by atoms with Gasteiger partial charge in [0.25, 0.3) is 0 Å². The molecule has 2 heterocycles. The number of amides is 4. The molecule has 2 atom stereocenters.